The van der Waals surface area contributed by atoms with Crippen LogP contribution >= 0.6 is 0 Å². The van der Waals surface area contributed by atoms with E-state index in [0.717, 1.165) is 12.1 Å². The van der Waals surface area contributed by atoms with Crippen molar-refractivity contribution in [3.63, 3.8) is 0 Å². The van der Waals surface area contributed by atoms with Crippen molar-refractivity contribution < 1.29 is 18.0 Å². The Bertz CT molecular complexity index is 626. The van der Waals surface area contributed by atoms with Crippen LogP contribution in [0.1, 0.15) is 5.56 Å². The number of benzene rings is 2. The summed E-state index contributed by atoms with van der Waals surface area (Å²) in [6.07, 6.45) is 0.317. The molecule has 2 amide bonds. The minimum atomic E-state index is -0.781. The second kappa shape index (κ2) is 6.78. The lowest BCUT2D eigenvalue weighted by molar-refractivity contribution is 0.252. The van der Waals surface area contributed by atoms with Crippen molar-refractivity contribution in [3.8, 4) is 0 Å². The van der Waals surface area contributed by atoms with Gasteiger partial charge in [-0.3, -0.25) is 0 Å². The van der Waals surface area contributed by atoms with E-state index in [1.54, 1.807) is 18.2 Å². The fourth-order valence-corrected chi connectivity index (χ4v) is 1.81. The number of halogens is 3. The number of amides is 2. The highest BCUT2D eigenvalue weighted by molar-refractivity contribution is 5.89. The monoisotopic (exact) mass is 294 g/mol. The number of nitrogens with one attached hydrogen (secondary N) is 2. The van der Waals surface area contributed by atoms with Crippen molar-refractivity contribution in [2.45, 2.75) is 6.42 Å². The van der Waals surface area contributed by atoms with Crippen LogP contribution in [0.3, 0.4) is 0 Å². The second-order valence-electron chi connectivity index (χ2n) is 4.38. The molecule has 2 N–H and O–H groups in total. The van der Waals surface area contributed by atoms with Crippen LogP contribution in [0.5, 0.6) is 0 Å². The first kappa shape index (κ1) is 14.9. The molecule has 0 bridgehead atoms. The number of carbonyl (C=O) groups is 1. The standard InChI is InChI=1S/C15H13F3N2O/c16-11-7-12(17)9-13(8-11)20-15(21)19-6-5-10-3-1-2-4-14(10)18/h1-4,7-9H,5-6H2,(H2,19,20,21). The molecule has 6 heteroatoms. The fraction of sp³-hybridized carbons (Fsp3) is 0.133. The van der Waals surface area contributed by atoms with Crippen molar-refractivity contribution >= 4 is 11.7 Å². The number of rotatable bonds is 4. The Morgan fingerprint density at radius 2 is 1.67 bits per heavy atom. The Morgan fingerprint density at radius 3 is 2.33 bits per heavy atom. The van der Waals surface area contributed by atoms with E-state index in [4.69, 9.17) is 0 Å². The molecule has 2 aromatic carbocycles. The maximum absolute atomic E-state index is 13.3. The summed E-state index contributed by atoms with van der Waals surface area (Å²) >= 11 is 0. The van der Waals surface area contributed by atoms with Crippen LogP contribution < -0.4 is 10.6 Å². The normalized spacial score (nSPS) is 10.2. The molecule has 2 aromatic rings. The first-order valence-electron chi connectivity index (χ1n) is 6.29. The van der Waals surface area contributed by atoms with Crippen LogP contribution in [-0.2, 0) is 6.42 Å². The van der Waals surface area contributed by atoms with Gasteiger partial charge in [0.1, 0.15) is 17.5 Å². The molecule has 0 radical (unpaired) electrons. The largest absolute Gasteiger partial charge is 0.338 e. The maximum atomic E-state index is 13.3. The zero-order chi connectivity index (χ0) is 15.2. The van der Waals surface area contributed by atoms with Gasteiger partial charge >= 0.3 is 6.03 Å². The van der Waals surface area contributed by atoms with Crippen LogP contribution in [0.4, 0.5) is 23.7 Å². The molecule has 0 aliphatic rings. The fourth-order valence-electron chi connectivity index (χ4n) is 1.81. The molecule has 2 rings (SSSR count). The second-order valence-corrected chi connectivity index (χ2v) is 4.38. The van der Waals surface area contributed by atoms with Crippen LogP contribution in [0.25, 0.3) is 0 Å². The molecule has 3 nitrogen and oxygen atoms in total. The van der Waals surface area contributed by atoms with Gasteiger partial charge in [-0.15, -0.1) is 0 Å². The number of hydrogen-bond acceptors (Lipinski definition) is 1. The summed E-state index contributed by atoms with van der Waals surface area (Å²) in [5.41, 5.74) is 0.491. The highest BCUT2D eigenvalue weighted by Gasteiger charge is 2.06. The van der Waals surface area contributed by atoms with Crippen molar-refractivity contribution in [2.75, 3.05) is 11.9 Å². The molecule has 0 atom stereocenters. The lowest BCUT2D eigenvalue weighted by Gasteiger charge is -2.08. The summed E-state index contributed by atoms with van der Waals surface area (Å²) in [6, 6.07) is 8.34. The van der Waals surface area contributed by atoms with Gasteiger partial charge < -0.3 is 10.6 Å². The smallest absolute Gasteiger partial charge is 0.319 e. The van der Waals surface area contributed by atoms with Gasteiger partial charge in [-0.2, -0.15) is 0 Å². The van der Waals surface area contributed by atoms with Gasteiger partial charge in [0.25, 0.3) is 0 Å². The predicted molar refractivity (Wildman–Crippen MR) is 73.5 cm³/mol. The SMILES string of the molecule is O=C(NCCc1ccccc1F)Nc1cc(F)cc(F)c1. The van der Waals surface area contributed by atoms with Crippen molar-refractivity contribution in [2.24, 2.45) is 0 Å². The van der Waals surface area contributed by atoms with Crippen LogP contribution in [0.2, 0.25) is 0 Å². The molecule has 0 aliphatic heterocycles. The van der Waals surface area contributed by atoms with E-state index in [1.807, 2.05) is 0 Å². The Kier molecular flexibility index (Phi) is 4.81. The summed E-state index contributed by atoms with van der Waals surface area (Å²) in [7, 11) is 0. The molecule has 0 saturated carbocycles. The van der Waals surface area contributed by atoms with E-state index >= 15 is 0 Å². The quantitative estimate of drug-likeness (QED) is 0.890. The molecule has 110 valence electrons. The van der Waals surface area contributed by atoms with E-state index in [9.17, 15) is 18.0 Å². The van der Waals surface area contributed by atoms with E-state index in [1.165, 1.54) is 6.07 Å². The minimum Gasteiger partial charge on any atom is -0.338 e. The lowest BCUT2D eigenvalue weighted by Crippen LogP contribution is -2.30. The first-order valence-corrected chi connectivity index (χ1v) is 6.29. The molecule has 0 aliphatic carbocycles. The summed E-state index contributed by atoms with van der Waals surface area (Å²) < 4.78 is 39.2. The van der Waals surface area contributed by atoms with Crippen LogP contribution in [0, 0.1) is 17.5 Å². The molecule has 0 fully saturated rings. The summed E-state index contributed by atoms with van der Waals surface area (Å²) in [4.78, 5) is 11.5. The zero-order valence-electron chi connectivity index (χ0n) is 11.0. The maximum Gasteiger partial charge on any atom is 0.319 e. The Hall–Kier alpha value is -2.50. The Balaban J connectivity index is 1.84. The average molecular weight is 294 g/mol. The molecule has 0 heterocycles. The first-order chi connectivity index (χ1) is 10.0. The third-order valence-electron chi connectivity index (χ3n) is 2.76. The van der Waals surface area contributed by atoms with Gasteiger partial charge in [0, 0.05) is 18.3 Å². The minimum absolute atomic E-state index is 0.0101. The van der Waals surface area contributed by atoms with Crippen LogP contribution in [-0.4, -0.2) is 12.6 Å². The third-order valence-corrected chi connectivity index (χ3v) is 2.76. The number of urea groups is 1. The van der Waals surface area contributed by atoms with Gasteiger partial charge in [-0.25, -0.2) is 18.0 Å². The van der Waals surface area contributed by atoms with E-state index in [0.29, 0.717) is 18.1 Å². The highest BCUT2D eigenvalue weighted by Crippen LogP contribution is 2.12. The van der Waals surface area contributed by atoms with Crippen molar-refractivity contribution in [1.82, 2.24) is 5.32 Å². The molecular formula is C15H13F3N2O. The molecule has 0 unspecified atom stereocenters. The van der Waals surface area contributed by atoms with Crippen molar-refractivity contribution in [3.05, 3.63) is 65.5 Å². The third kappa shape index (κ3) is 4.52. The van der Waals surface area contributed by atoms with Crippen LogP contribution in [0.15, 0.2) is 42.5 Å². The van der Waals surface area contributed by atoms with E-state index in [2.05, 4.69) is 10.6 Å². The lowest BCUT2D eigenvalue weighted by atomic mass is 10.1. The summed E-state index contributed by atoms with van der Waals surface area (Å²) in [5, 5.41) is 4.78. The molecular weight excluding hydrogens is 281 g/mol. The zero-order valence-corrected chi connectivity index (χ0v) is 11.0. The predicted octanol–water partition coefficient (Wildman–Crippen LogP) is 3.47. The van der Waals surface area contributed by atoms with Gasteiger partial charge in [0.15, 0.2) is 0 Å². The Morgan fingerprint density at radius 1 is 1.00 bits per heavy atom. The molecule has 0 saturated heterocycles. The summed E-state index contributed by atoms with van der Waals surface area (Å²) in [5.74, 6) is -1.90. The highest BCUT2D eigenvalue weighted by atomic mass is 19.1. The van der Waals surface area contributed by atoms with Gasteiger partial charge in [-0.1, -0.05) is 18.2 Å². The van der Waals surface area contributed by atoms with E-state index < -0.39 is 17.7 Å². The topological polar surface area (TPSA) is 41.1 Å². The average Bonchev–Trinajstić information content (AvgIpc) is 2.39. The van der Waals surface area contributed by atoms with Gasteiger partial charge in [0.05, 0.1) is 0 Å². The van der Waals surface area contributed by atoms with Crippen molar-refractivity contribution in [1.29, 1.82) is 0 Å². The number of hydrogen-bond donors (Lipinski definition) is 2. The Labute approximate surface area is 119 Å². The molecule has 0 aromatic heterocycles. The van der Waals surface area contributed by atoms with Gasteiger partial charge in [-0.05, 0) is 30.2 Å². The number of anilines is 1. The molecule has 0 spiro atoms. The number of carbonyl (C=O) groups excluding carboxylic acids is 1. The molecule has 21 heavy (non-hydrogen) atoms. The summed E-state index contributed by atoms with van der Waals surface area (Å²) in [6.45, 7) is 0.199. The van der Waals surface area contributed by atoms with Gasteiger partial charge in [0.2, 0.25) is 0 Å². The van der Waals surface area contributed by atoms with E-state index in [-0.39, 0.29) is 18.0 Å².